The van der Waals surface area contributed by atoms with E-state index in [-0.39, 0.29) is 11.2 Å². The van der Waals surface area contributed by atoms with Crippen LogP contribution >= 0.6 is 35.3 Å². The molecule has 1 aromatic carbocycles. The largest absolute Gasteiger partial charge is 0.341 e. The first kappa shape index (κ1) is 18.6. The summed E-state index contributed by atoms with van der Waals surface area (Å²) in [7, 11) is 0. The molecule has 2 heterocycles. The molecule has 3 atom stereocenters. The molecule has 1 amide bonds. The second-order valence-corrected chi connectivity index (χ2v) is 10.0. The topological polar surface area (TPSA) is 38.1 Å². The average Bonchev–Trinajstić information content (AvgIpc) is 2.94. The maximum Gasteiger partial charge on any atom is 0.235 e. The number of aromatic nitrogens is 2. The number of carbonyl (C=O) groups excluding carboxylic acids is 1. The summed E-state index contributed by atoms with van der Waals surface area (Å²) in [5.41, 5.74) is 0.952. The number of likely N-dealkylation sites (tertiary alicyclic amines) is 1. The number of benzene rings is 1. The SMILES string of the molecule is C[C@@H]1C[C@@H](C)CN(C(=O)[C@@H](C)Sc2nn(-c3ccccc3)c(=S)s2)C1. The van der Waals surface area contributed by atoms with Crippen LogP contribution in [0.15, 0.2) is 34.7 Å². The fourth-order valence-corrected chi connectivity index (χ4v) is 5.93. The molecule has 2 aromatic rings. The van der Waals surface area contributed by atoms with Crippen LogP contribution in [0, 0.1) is 15.8 Å². The van der Waals surface area contributed by atoms with E-state index in [0.29, 0.717) is 15.8 Å². The van der Waals surface area contributed by atoms with Crippen molar-refractivity contribution in [2.24, 2.45) is 11.8 Å². The lowest BCUT2D eigenvalue weighted by atomic mass is 9.92. The third-order valence-electron chi connectivity index (χ3n) is 4.34. The summed E-state index contributed by atoms with van der Waals surface area (Å²) in [5, 5.41) is 4.45. The second-order valence-electron chi connectivity index (χ2n) is 6.83. The highest BCUT2D eigenvalue weighted by molar-refractivity contribution is 8.02. The number of hydrogen-bond donors (Lipinski definition) is 0. The number of para-hydroxylation sites is 1. The summed E-state index contributed by atoms with van der Waals surface area (Å²) in [4.78, 5) is 14.8. The molecule has 4 nitrogen and oxygen atoms in total. The molecule has 0 unspecified atom stereocenters. The van der Waals surface area contributed by atoms with E-state index in [1.165, 1.54) is 29.5 Å². The van der Waals surface area contributed by atoms with Gasteiger partial charge in [0.05, 0.1) is 10.9 Å². The van der Waals surface area contributed by atoms with Crippen molar-refractivity contribution in [1.82, 2.24) is 14.7 Å². The molecule has 0 bridgehead atoms. The lowest BCUT2D eigenvalue weighted by Crippen LogP contribution is -2.45. The molecule has 1 aliphatic rings. The van der Waals surface area contributed by atoms with E-state index in [9.17, 15) is 4.79 Å². The lowest BCUT2D eigenvalue weighted by Gasteiger charge is -2.36. The van der Waals surface area contributed by atoms with Crippen molar-refractivity contribution >= 4 is 41.2 Å². The number of rotatable bonds is 4. The molecular weight excluding hydrogens is 370 g/mol. The van der Waals surface area contributed by atoms with E-state index in [1.807, 2.05) is 42.2 Å². The molecule has 1 aromatic heterocycles. The number of hydrogen-bond acceptors (Lipinski definition) is 5. The fourth-order valence-electron chi connectivity index (χ4n) is 3.34. The van der Waals surface area contributed by atoms with Gasteiger partial charge in [0.25, 0.3) is 0 Å². The molecule has 0 saturated carbocycles. The Morgan fingerprint density at radius 1 is 1.28 bits per heavy atom. The predicted molar refractivity (Wildman–Crippen MR) is 107 cm³/mol. The molecule has 134 valence electrons. The van der Waals surface area contributed by atoms with E-state index in [1.54, 1.807) is 4.68 Å². The first-order valence-corrected chi connectivity index (χ1v) is 10.7. The minimum atomic E-state index is -0.151. The van der Waals surface area contributed by atoms with Crippen LogP contribution < -0.4 is 0 Å². The van der Waals surface area contributed by atoms with E-state index in [4.69, 9.17) is 12.2 Å². The maximum atomic E-state index is 12.8. The Hall–Kier alpha value is -1.18. The van der Waals surface area contributed by atoms with Crippen LogP contribution in [0.25, 0.3) is 5.69 Å². The average molecular weight is 394 g/mol. The predicted octanol–water partition coefficient (Wildman–Crippen LogP) is 4.65. The molecule has 3 rings (SSSR count). The molecule has 0 spiro atoms. The van der Waals surface area contributed by atoms with Gasteiger partial charge in [-0.05, 0) is 49.5 Å². The van der Waals surface area contributed by atoms with Gasteiger partial charge in [0.1, 0.15) is 0 Å². The number of amides is 1. The zero-order valence-corrected chi connectivity index (χ0v) is 17.2. The molecule has 1 aliphatic heterocycles. The Morgan fingerprint density at radius 3 is 2.56 bits per heavy atom. The van der Waals surface area contributed by atoms with Gasteiger partial charge in [-0.1, -0.05) is 55.1 Å². The highest BCUT2D eigenvalue weighted by atomic mass is 32.2. The molecule has 7 heteroatoms. The smallest absolute Gasteiger partial charge is 0.235 e. The Labute approximate surface area is 162 Å². The second kappa shape index (κ2) is 8.01. The van der Waals surface area contributed by atoms with Crippen molar-refractivity contribution in [1.29, 1.82) is 0 Å². The van der Waals surface area contributed by atoms with Gasteiger partial charge in [0.15, 0.2) is 8.29 Å². The molecule has 0 aliphatic carbocycles. The normalized spacial score (nSPS) is 22.0. The first-order valence-electron chi connectivity index (χ1n) is 8.55. The van der Waals surface area contributed by atoms with E-state index in [2.05, 4.69) is 18.9 Å². The van der Waals surface area contributed by atoms with E-state index in [0.717, 1.165) is 23.1 Å². The lowest BCUT2D eigenvalue weighted by molar-refractivity contribution is -0.132. The summed E-state index contributed by atoms with van der Waals surface area (Å²) < 4.78 is 3.31. The van der Waals surface area contributed by atoms with Gasteiger partial charge in [-0.3, -0.25) is 4.79 Å². The van der Waals surface area contributed by atoms with Crippen molar-refractivity contribution in [2.45, 2.75) is 36.8 Å². The van der Waals surface area contributed by atoms with E-state index < -0.39 is 0 Å². The van der Waals surface area contributed by atoms with E-state index >= 15 is 0 Å². The first-order chi connectivity index (χ1) is 11.9. The summed E-state index contributed by atoms with van der Waals surface area (Å²) >= 11 is 8.41. The van der Waals surface area contributed by atoms with Crippen LogP contribution in [0.3, 0.4) is 0 Å². The van der Waals surface area contributed by atoms with Crippen molar-refractivity contribution in [2.75, 3.05) is 13.1 Å². The number of piperidine rings is 1. The number of nitrogens with zero attached hydrogens (tertiary/aromatic N) is 3. The van der Waals surface area contributed by atoms with Crippen molar-refractivity contribution in [3.8, 4) is 5.69 Å². The van der Waals surface area contributed by atoms with Crippen LogP contribution in [0.5, 0.6) is 0 Å². The quantitative estimate of drug-likeness (QED) is 0.560. The third-order valence-corrected chi connectivity index (χ3v) is 6.74. The third kappa shape index (κ3) is 4.51. The summed E-state index contributed by atoms with van der Waals surface area (Å²) in [6.07, 6.45) is 1.20. The van der Waals surface area contributed by atoms with Crippen molar-refractivity contribution in [3.05, 3.63) is 34.3 Å². The van der Waals surface area contributed by atoms with Gasteiger partial charge >= 0.3 is 0 Å². The van der Waals surface area contributed by atoms with Crippen LogP contribution in [-0.2, 0) is 4.79 Å². The molecule has 0 radical (unpaired) electrons. The number of carbonyl (C=O) groups is 1. The zero-order valence-electron chi connectivity index (χ0n) is 14.7. The highest BCUT2D eigenvalue weighted by Gasteiger charge is 2.29. The van der Waals surface area contributed by atoms with Gasteiger partial charge in [-0.25, -0.2) is 4.68 Å². The fraction of sp³-hybridized carbons (Fsp3) is 0.500. The van der Waals surface area contributed by atoms with Gasteiger partial charge in [0, 0.05) is 13.1 Å². The van der Waals surface area contributed by atoms with Crippen molar-refractivity contribution in [3.63, 3.8) is 0 Å². The molecule has 25 heavy (non-hydrogen) atoms. The van der Waals surface area contributed by atoms with Crippen LogP contribution in [0.1, 0.15) is 27.2 Å². The van der Waals surface area contributed by atoms with Crippen LogP contribution in [0.4, 0.5) is 0 Å². The highest BCUT2D eigenvalue weighted by Crippen LogP contribution is 2.30. The molecule has 0 N–H and O–H groups in total. The minimum absolute atomic E-state index is 0.151. The Kier molecular flexibility index (Phi) is 5.96. The summed E-state index contributed by atoms with van der Waals surface area (Å²) in [6, 6.07) is 9.86. The van der Waals surface area contributed by atoms with Crippen LogP contribution in [-0.4, -0.2) is 38.9 Å². The molecular formula is C18H23N3OS3. The summed E-state index contributed by atoms with van der Waals surface area (Å²) in [5.74, 6) is 1.35. The zero-order chi connectivity index (χ0) is 18.0. The molecule has 1 saturated heterocycles. The Bertz CT molecular complexity index is 776. The van der Waals surface area contributed by atoms with Gasteiger partial charge in [-0.2, -0.15) is 0 Å². The minimum Gasteiger partial charge on any atom is -0.341 e. The Balaban J connectivity index is 1.70. The Morgan fingerprint density at radius 2 is 1.92 bits per heavy atom. The number of thioether (sulfide) groups is 1. The summed E-state index contributed by atoms with van der Waals surface area (Å²) in [6.45, 7) is 8.14. The molecule has 1 fully saturated rings. The van der Waals surface area contributed by atoms with Gasteiger partial charge in [0.2, 0.25) is 5.91 Å². The van der Waals surface area contributed by atoms with Crippen LogP contribution in [0.2, 0.25) is 0 Å². The standard InChI is InChI=1S/C18H23N3OS3/c1-12-9-13(2)11-20(10-12)16(22)14(3)24-17-19-21(18(23)25-17)15-7-5-4-6-8-15/h4-8,12-14H,9-11H2,1-3H3/t12-,13-,14-/m1/s1. The van der Waals surface area contributed by atoms with Gasteiger partial charge < -0.3 is 4.90 Å². The maximum absolute atomic E-state index is 12.8. The van der Waals surface area contributed by atoms with Crippen molar-refractivity contribution < 1.29 is 4.79 Å². The monoisotopic (exact) mass is 393 g/mol. The van der Waals surface area contributed by atoms with Gasteiger partial charge in [-0.15, -0.1) is 5.10 Å².